The van der Waals surface area contributed by atoms with Gasteiger partial charge in [-0.25, -0.2) is 0 Å². The molecular formula is C27H35NO10. The second kappa shape index (κ2) is 13.4. The molecule has 0 unspecified atom stereocenters. The molecular weight excluding hydrogens is 498 g/mol. The van der Waals surface area contributed by atoms with Gasteiger partial charge in [0.2, 0.25) is 6.29 Å². The molecule has 3 aromatic rings. The fourth-order valence-electron chi connectivity index (χ4n) is 4.34. The van der Waals surface area contributed by atoms with E-state index in [9.17, 15) is 20.4 Å². The summed E-state index contributed by atoms with van der Waals surface area (Å²) in [6.45, 7) is 0.0698. The largest absolute Gasteiger partial charge is 0.492 e. The Morgan fingerprint density at radius 2 is 1.66 bits per heavy atom. The Bertz CT molecular complexity index is 1130. The Kier molecular flexibility index (Phi) is 9.94. The summed E-state index contributed by atoms with van der Waals surface area (Å²) in [7, 11) is 0. The maximum absolute atomic E-state index is 10.4. The lowest BCUT2D eigenvalue weighted by atomic mass is 9.99. The summed E-state index contributed by atoms with van der Waals surface area (Å²) in [5.41, 5.74) is 2.55. The van der Waals surface area contributed by atoms with Crippen LogP contribution in [0.2, 0.25) is 0 Å². The first-order valence-corrected chi connectivity index (χ1v) is 12.6. The molecule has 2 heterocycles. The number of fused-ring (bicyclic) bond motifs is 1. The molecule has 2 aromatic carbocycles. The average Bonchev–Trinajstić information content (AvgIpc) is 3.37. The summed E-state index contributed by atoms with van der Waals surface area (Å²) in [4.78, 5) is 0. The van der Waals surface area contributed by atoms with Crippen LogP contribution in [-0.2, 0) is 17.6 Å². The topological polar surface area (TPSA) is 174 Å². The van der Waals surface area contributed by atoms with Gasteiger partial charge in [-0.1, -0.05) is 18.2 Å². The first kappa shape index (κ1) is 28.3. The number of aliphatic hydroxyl groups is 6. The van der Waals surface area contributed by atoms with E-state index < -0.39 is 37.3 Å². The van der Waals surface area contributed by atoms with Crippen LogP contribution in [0.25, 0.3) is 11.0 Å². The zero-order valence-electron chi connectivity index (χ0n) is 20.8. The second-order valence-electron chi connectivity index (χ2n) is 9.21. The highest BCUT2D eigenvalue weighted by atomic mass is 16.7. The molecule has 11 nitrogen and oxygen atoms in total. The summed E-state index contributed by atoms with van der Waals surface area (Å²) in [5.74, 6) is 1.10. The van der Waals surface area contributed by atoms with Crippen molar-refractivity contribution in [3.63, 3.8) is 0 Å². The second-order valence-corrected chi connectivity index (χ2v) is 9.21. The SMILES string of the molecule is OCC(CO)NCCOc1ccc(CCc2coc3cccc(O[C@@H]4O[C@H](CO)[C@@H](O)[C@H](O)[C@H]4O)c23)cc1. The third kappa shape index (κ3) is 6.63. The highest BCUT2D eigenvalue weighted by molar-refractivity contribution is 5.87. The highest BCUT2D eigenvalue weighted by Gasteiger charge is 2.44. The molecule has 1 saturated heterocycles. The number of ether oxygens (including phenoxy) is 3. The normalized spacial score (nSPS) is 23.7. The molecule has 0 saturated carbocycles. The molecule has 11 heteroatoms. The molecule has 0 bridgehead atoms. The minimum atomic E-state index is -1.53. The molecule has 0 spiro atoms. The van der Waals surface area contributed by atoms with Crippen molar-refractivity contribution in [2.24, 2.45) is 0 Å². The first-order chi connectivity index (χ1) is 18.4. The van der Waals surface area contributed by atoms with Gasteiger partial charge >= 0.3 is 0 Å². The molecule has 7 N–H and O–H groups in total. The Hall–Kier alpha value is -2.74. The monoisotopic (exact) mass is 533 g/mol. The Balaban J connectivity index is 1.37. The number of furan rings is 1. The fourth-order valence-corrected chi connectivity index (χ4v) is 4.34. The first-order valence-electron chi connectivity index (χ1n) is 12.6. The molecule has 0 aliphatic carbocycles. The van der Waals surface area contributed by atoms with Crippen LogP contribution in [-0.4, -0.2) is 100 Å². The quantitative estimate of drug-likeness (QED) is 0.144. The van der Waals surface area contributed by atoms with E-state index in [1.54, 1.807) is 24.5 Å². The molecule has 38 heavy (non-hydrogen) atoms. The van der Waals surface area contributed by atoms with Gasteiger partial charge in [0, 0.05) is 12.1 Å². The zero-order chi connectivity index (χ0) is 27.1. The summed E-state index contributed by atoms with van der Waals surface area (Å²) in [6.07, 6.45) is -3.87. The summed E-state index contributed by atoms with van der Waals surface area (Å²) >= 11 is 0. The van der Waals surface area contributed by atoms with Gasteiger partial charge in [0.1, 0.15) is 48.1 Å². The smallest absolute Gasteiger partial charge is 0.229 e. The standard InChI is InChI=1S/C27H35NO10/c29-12-18(13-30)28-10-11-35-19-8-5-16(6-9-19)4-7-17-15-36-20-2-1-3-21(23(17)20)37-27-26(34)25(33)24(32)22(14-31)38-27/h1-3,5-6,8-9,15,18,22,24-34H,4,7,10-14H2/t22-,24-,25+,26-,27-/m1/s1. The van der Waals surface area contributed by atoms with Crippen molar-refractivity contribution in [1.82, 2.24) is 5.32 Å². The van der Waals surface area contributed by atoms with E-state index in [1.807, 2.05) is 24.3 Å². The number of rotatable bonds is 13. The van der Waals surface area contributed by atoms with E-state index in [0.29, 0.717) is 48.5 Å². The van der Waals surface area contributed by atoms with Crippen LogP contribution < -0.4 is 14.8 Å². The lowest BCUT2D eigenvalue weighted by molar-refractivity contribution is -0.277. The number of hydrogen-bond donors (Lipinski definition) is 7. The molecule has 5 atom stereocenters. The van der Waals surface area contributed by atoms with Gasteiger partial charge in [0.25, 0.3) is 0 Å². The number of nitrogens with one attached hydrogen (secondary N) is 1. The van der Waals surface area contributed by atoms with Crippen molar-refractivity contribution in [2.45, 2.75) is 49.6 Å². The lowest BCUT2D eigenvalue weighted by Gasteiger charge is -2.39. The van der Waals surface area contributed by atoms with Crippen LogP contribution in [0.1, 0.15) is 11.1 Å². The highest BCUT2D eigenvalue weighted by Crippen LogP contribution is 2.34. The molecule has 4 rings (SSSR count). The van der Waals surface area contributed by atoms with Crippen LogP contribution in [0.5, 0.6) is 11.5 Å². The molecule has 1 aliphatic rings. The Morgan fingerprint density at radius 1 is 0.895 bits per heavy atom. The number of hydrogen-bond acceptors (Lipinski definition) is 11. The average molecular weight is 534 g/mol. The van der Waals surface area contributed by atoms with Gasteiger partial charge in [-0.05, 0) is 42.7 Å². The van der Waals surface area contributed by atoms with Gasteiger partial charge < -0.3 is 54.6 Å². The van der Waals surface area contributed by atoms with Crippen LogP contribution in [0.3, 0.4) is 0 Å². The number of aryl methyl sites for hydroxylation is 2. The minimum absolute atomic E-state index is 0.140. The van der Waals surface area contributed by atoms with Crippen molar-refractivity contribution < 1.29 is 49.3 Å². The maximum Gasteiger partial charge on any atom is 0.229 e. The van der Waals surface area contributed by atoms with Gasteiger partial charge in [-0.15, -0.1) is 0 Å². The molecule has 1 aliphatic heterocycles. The predicted molar refractivity (Wildman–Crippen MR) is 136 cm³/mol. The molecule has 208 valence electrons. The third-order valence-electron chi connectivity index (χ3n) is 6.58. The van der Waals surface area contributed by atoms with Gasteiger partial charge in [0.15, 0.2) is 0 Å². The number of aliphatic hydroxyl groups excluding tert-OH is 6. The molecule has 0 radical (unpaired) electrons. The Labute approximate surface area is 219 Å². The zero-order valence-corrected chi connectivity index (χ0v) is 20.8. The Morgan fingerprint density at radius 3 is 2.37 bits per heavy atom. The fraction of sp³-hybridized carbons (Fsp3) is 0.481. The van der Waals surface area contributed by atoms with Crippen molar-refractivity contribution in [2.75, 3.05) is 33.0 Å². The van der Waals surface area contributed by atoms with E-state index in [2.05, 4.69) is 5.32 Å². The number of benzene rings is 2. The van der Waals surface area contributed by atoms with E-state index >= 15 is 0 Å². The van der Waals surface area contributed by atoms with Crippen LogP contribution in [0.15, 0.2) is 53.1 Å². The van der Waals surface area contributed by atoms with Gasteiger partial charge in [-0.3, -0.25) is 0 Å². The lowest BCUT2D eigenvalue weighted by Crippen LogP contribution is -2.60. The van der Waals surface area contributed by atoms with E-state index in [4.69, 9.17) is 28.8 Å². The third-order valence-corrected chi connectivity index (χ3v) is 6.58. The molecule has 1 aromatic heterocycles. The summed E-state index contributed by atoms with van der Waals surface area (Å²) < 4.78 is 22.8. The van der Waals surface area contributed by atoms with Gasteiger partial charge in [0.05, 0.1) is 37.5 Å². The molecule has 0 amide bonds. The van der Waals surface area contributed by atoms with Crippen molar-refractivity contribution in [1.29, 1.82) is 0 Å². The van der Waals surface area contributed by atoms with E-state index in [1.165, 1.54) is 0 Å². The summed E-state index contributed by atoms with van der Waals surface area (Å²) in [6, 6.07) is 12.6. The minimum Gasteiger partial charge on any atom is -0.492 e. The molecule has 1 fully saturated rings. The van der Waals surface area contributed by atoms with Crippen LogP contribution in [0, 0.1) is 0 Å². The predicted octanol–water partition coefficient (Wildman–Crippen LogP) is -0.282. The summed E-state index contributed by atoms with van der Waals surface area (Å²) in [5, 5.41) is 61.8. The van der Waals surface area contributed by atoms with Gasteiger partial charge in [-0.2, -0.15) is 0 Å². The van der Waals surface area contributed by atoms with E-state index in [0.717, 1.165) is 11.1 Å². The maximum atomic E-state index is 10.4. The van der Waals surface area contributed by atoms with Crippen LogP contribution in [0.4, 0.5) is 0 Å². The van der Waals surface area contributed by atoms with Crippen molar-refractivity contribution in [3.05, 3.63) is 59.9 Å². The van der Waals surface area contributed by atoms with Crippen molar-refractivity contribution >= 4 is 11.0 Å². The van der Waals surface area contributed by atoms with Crippen molar-refractivity contribution in [3.8, 4) is 11.5 Å². The van der Waals surface area contributed by atoms with E-state index in [-0.39, 0.29) is 19.3 Å². The van der Waals surface area contributed by atoms with Crippen LogP contribution >= 0.6 is 0 Å².